The number of aryl methyl sites for hydroxylation is 1. The lowest BCUT2D eigenvalue weighted by atomic mass is 9.40. The number of hydrogen-bond donors (Lipinski definition) is 2. The number of benzene rings is 1. The highest BCUT2D eigenvalue weighted by atomic mass is 16.3. The molecule has 1 aromatic rings. The zero-order valence-electron chi connectivity index (χ0n) is 26.1. The van der Waals surface area contributed by atoms with Gasteiger partial charge >= 0.3 is 0 Å². The van der Waals surface area contributed by atoms with Gasteiger partial charge in [0.1, 0.15) is 23.2 Å². The van der Waals surface area contributed by atoms with E-state index in [4.69, 9.17) is 0 Å². The van der Waals surface area contributed by atoms with E-state index in [0.717, 1.165) is 18.9 Å². The van der Waals surface area contributed by atoms with Gasteiger partial charge in [0, 0.05) is 24.2 Å². The molecule has 8 heteroatoms. The molecule has 2 fully saturated rings. The van der Waals surface area contributed by atoms with Crippen molar-refractivity contribution < 1.29 is 39.0 Å². The largest absolute Gasteiger partial charge is 0.507 e. The molecule has 0 heterocycles. The van der Waals surface area contributed by atoms with Crippen LogP contribution in [0, 0.1) is 39.9 Å². The van der Waals surface area contributed by atoms with Gasteiger partial charge < -0.3 is 10.2 Å². The summed E-state index contributed by atoms with van der Waals surface area (Å²) in [6.07, 6.45) is 2.00. The van der Waals surface area contributed by atoms with Crippen molar-refractivity contribution in [2.45, 2.75) is 99.5 Å². The van der Waals surface area contributed by atoms with Crippen LogP contribution in [0.15, 0.2) is 12.1 Å². The molecule has 2 N–H and O–H groups in total. The van der Waals surface area contributed by atoms with Gasteiger partial charge in [-0.1, -0.05) is 54.5 Å². The van der Waals surface area contributed by atoms with Crippen molar-refractivity contribution in [3.05, 3.63) is 28.8 Å². The number of hydrogen-bond acceptors (Lipinski definition) is 8. The minimum atomic E-state index is -2.71. The van der Waals surface area contributed by atoms with Crippen LogP contribution in [0.4, 0.5) is 0 Å². The Balaban J connectivity index is 1.80. The highest BCUT2D eigenvalue weighted by Gasteiger charge is 2.76. The van der Waals surface area contributed by atoms with Gasteiger partial charge in [0.25, 0.3) is 0 Å². The molecule has 0 aliphatic heterocycles. The van der Waals surface area contributed by atoms with Gasteiger partial charge in [-0.3, -0.25) is 28.8 Å². The quantitative estimate of drug-likeness (QED) is 0.451. The van der Waals surface area contributed by atoms with Crippen molar-refractivity contribution in [3.63, 3.8) is 0 Å². The van der Waals surface area contributed by atoms with E-state index < -0.39 is 69.0 Å². The molecule has 0 bridgehead atoms. The molecule has 0 saturated heterocycles. The monoisotopic (exact) mass is 580 g/mol. The first kappa shape index (κ1) is 31.9. The van der Waals surface area contributed by atoms with Gasteiger partial charge in [-0.25, -0.2) is 0 Å². The molecule has 0 amide bonds. The fraction of sp³-hybridized carbons (Fsp3) is 0.647. The third kappa shape index (κ3) is 4.70. The predicted molar refractivity (Wildman–Crippen MR) is 155 cm³/mol. The molecule has 3 aliphatic carbocycles. The highest BCUT2D eigenvalue weighted by Crippen LogP contribution is 2.63. The Morgan fingerprint density at radius 3 is 2.19 bits per heavy atom. The van der Waals surface area contributed by atoms with Crippen molar-refractivity contribution >= 4 is 34.7 Å². The molecule has 8 nitrogen and oxygen atoms in total. The minimum absolute atomic E-state index is 0.00263. The Bertz CT molecular complexity index is 1400. The normalized spacial score (nSPS) is 32.9. The van der Waals surface area contributed by atoms with Crippen LogP contribution in [0.5, 0.6) is 5.75 Å². The molecule has 0 radical (unpaired) electrons. The summed E-state index contributed by atoms with van der Waals surface area (Å²) in [4.78, 5) is 81.0. The highest BCUT2D eigenvalue weighted by molar-refractivity contribution is 6.32. The molecular weight excluding hydrogens is 536 g/mol. The number of rotatable bonds is 7. The average Bonchev–Trinajstić information content (AvgIpc) is 2.83. The molecule has 0 aromatic heterocycles. The molecule has 2 saturated carbocycles. The van der Waals surface area contributed by atoms with E-state index in [1.165, 1.54) is 6.07 Å². The fourth-order valence-corrected chi connectivity index (χ4v) is 8.35. The standard InChI is InChI=1S/C34H44O8/c1-17(2)25-27(38)23(18(3)35)29(40)34(42)30(41)26-28(39)24-21(15-32(26,7)16-33(25,34)8)19(10-12-22(24)37)9-11-20(36)13-14-31(4,5)6/h10,12,17,23,25-26,37,42H,9,11,13-16H2,1-8H3/t23?,25?,26?,32-,33-,34+/m1/s1. The van der Waals surface area contributed by atoms with Crippen LogP contribution in [0.25, 0.3) is 0 Å². The summed E-state index contributed by atoms with van der Waals surface area (Å²) in [5.74, 6) is -9.00. The Morgan fingerprint density at radius 2 is 1.64 bits per heavy atom. The van der Waals surface area contributed by atoms with E-state index in [1.54, 1.807) is 33.8 Å². The van der Waals surface area contributed by atoms with Crippen LogP contribution in [-0.2, 0) is 36.8 Å². The maximum absolute atomic E-state index is 14.3. The number of aliphatic hydroxyl groups is 1. The summed E-state index contributed by atoms with van der Waals surface area (Å²) < 4.78 is 0. The second kappa shape index (κ2) is 10.3. The summed E-state index contributed by atoms with van der Waals surface area (Å²) in [5.41, 5.74) is -4.07. The number of phenols is 1. The first-order valence-electron chi connectivity index (χ1n) is 15.0. The maximum Gasteiger partial charge on any atom is 0.190 e. The molecule has 1 aromatic carbocycles. The van der Waals surface area contributed by atoms with Crippen molar-refractivity contribution in [3.8, 4) is 5.75 Å². The van der Waals surface area contributed by atoms with E-state index in [-0.39, 0.29) is 41.8 Å². The number of phenolic OH excluding ortho intramolecular Hbond substituents is 1. The number of aromatic hydroxyl groups is 1. The van der Waals surface area contributed by atoms with E-state index in [2.05, 4.69) is 20.8 Å². The van der Waals surface area contributed by atoms with Gasteiger partial charge in [-0.2, -0.15) is 0 Å². The lowest BCUT2D eigenvalue weighted by Gasteiger charge is -2.61. The molecule has 3 unspecified atom stereocenters. The van der Waals surface area contributed by atoms with Crippen LogP contribution < -0.4 is 0 Å². The third-order valence-corrected chi connectivity index (χ3v) is 10.2. The van der Waals surface area contributed by atoms with Gasteiger partial charge in [0.2, 0.25) is 0 Å². The topological polar surface area (TPSA) is 143 Å². The molecule has 228 valence electrons. The van der Waals surface area contributed by atoms with Crippen LogP contribution in [0.2, 0.25) is 0 Å². The molecular formula is C34H44O8. The Kier molecular flexibility index (Phi) is 7.84. The van der Waals surface area contributed by atoms with Crippen molar-refractivity contribution in [2.24, 2.45) is 39.9 Å². The molecule has 4 rings (SSSR count). The lowest BCUT2D eigenvalue weighted by Crippen LogP contribution is -2.76. The second-order valence-corrected chi connectivity index (χ2v) is 15.0. The summed E-state index contributed by atoms with van der Waals surface area (Å²) in [5, 5.41) is 22.9. The van der Waals surface area contributed by atoms with Crippen LogP contribution in [0.3, 0.4) is 0 Å². The number of carbonyl (C=O) groups excluding carboxylic acids is 6. The lowest BCUT2D eigenvalue weighted by molar-refractivity contribution is -0.205. The Labute approximate surface area is 247 Å². The van der Waals surface area contributed by atoms with Gasteiger partial charge in [0.05, 0.1) is 11.5 Å². The average molecular weight is 581 g/mol. The van der Waals surface area contributed by atoms with E-state index in [0.29, 0.717) is 18.4 Å². The minimum Gasteiger partial charge on any atom is -0.507 e. The number of carbonyl (C=O) groups is 6. The fourth-order valence-electron chi connectivity index (χ4n) is 8.35. The van der Waals surface area contributed by atoms with Crippen molar-refractivity contribution in [1.29, 1.82) is 0 Å². The zero-order valence-corrected chi connectivity index (χ0v) is 26.1. The molecule has 3 aliphatic rings. The molecule has 0 spiro atoms. The predicted octanol–water partition coefficient (Wildman–Crippen LogP) is 4.42. The smallest absolute Gasteiger partial charge is 0.190 e. The van der Waals surface area contributed by atoms with Crippen LogP contribution in [0.1, 0.15) is 103 Å². The van der Waals surface area contributed by atoms with Gasteiger partial charge in [-0.05, 0) is 66.5 Å². The first-order valence-corrected chi connectivity index (χ1v) is 15.0. The van der Waals surface area contributed by atoms with E-state index in [1.807, 2.05) is 0 Å². The number of fused-ring (bicyclic) bond motifs is 3. The van der Waals surface area contributed by atoms with Crippen molar-refractivity contribution in [2.75, 3.05) is 0 Å². The second-order valence-electron chi connectivity index (χ2n) is 15.0. The van der Waals surface area contributed by atoms with Crippen molar-refractivity contribution in [1.82, 2.24) is 0 Å². The van der Waals surface area contributed by atoms with Gasteiger partial charge in [0.15, 0.2) is 28.7 Å². The maximum atomic E-state index is 14.3. The Morgan fingerprint density at radius 1 is 1.02 bits per heavy atom. The van der Waals surface area contributed by atoms with Crippen LogP contribution >= 0.6 is 0 Å². The summed E-state index contributed by atoms with van der Waals surface area (Å²) in [6.45, 7) is 14.1. The SMILES string of the molecule is CC(=O)C1C(=O)C(C(C)C)[C@@]2(C)C[C@@]3(C)Cc4c(CCC(=O)CCC(C)(C)C)ccc(O)c4C(=O)C3C(=O)[C@@]2(O)C1=O. The van der Waals surface area contributed by atoms with E-state index in [9.17, 15) is 39.0 Å². The molecule has 6 atom stereocenters. The van der Waals surface area contributed by atoms with E-state index >= 15 is 0 Å². The zero-order chi connectivity index (χ0) is 31.7. The van der Waals surface area contributed by atoms with Gasteiger partial charge in [-0.15, -0.1) is 0 Å². The first-order chi connectivity index (χ1) is 19.2. The summed E-state index contributed by atoms with van der Waals surface area (Å²) >= 11 is 0. The summed E-state index contributed by atoms with van der Waals surface area (Å²) in [7, 11) is 0. The summed E-state index contributed by atoms with van der Waals surface area (Å²) in [6, 6.07) is 3.08. The Hall–Kier alpha value is -3.00. The molecule has 42 heavy (non-hydrogen) atoms. The number of ketones is 6. The third-order valence-electron chi connectivity index (χ3n) is 10.2. The van der Waals surface area contributed by atoms with Crippen LogP contribution in [-0.4, -0.2) is 50.5 Å². The number of Topliss-reactive ketones (excluding diaryl/α,β-unsaturated/α-hetero) is 6.